The summed E-state index contributed by atoms with van der Waals surface area (Å²) in [6.45, 7) is 3.29. The first-order chi connectivity index (χ1) is 24.6. The molecule has 0 spiro atoms. The number of carbonyl (C=O) groups excluding carboxylic acids is 2. The summed E-state index contributed by atoms with van der Waals surface area (Å²) in [6.07, 6.45) is -3.04. The molecule has 4 aromatic carbocycles. The standard InChI is InChI=1S/C19H18F3N3O.C18H15ClF3N3O/c1-12-8-14(19(20,21)22)11-16(9-12)25-18(26)24-15-5-2-4-13(10-15)17-6-3-7-23-17;19-15-7-6-13(10-14(15)18(20,21)22)25-17(26)24-12-4-1-3-11(9-12)16-5-2-8-23-16/h2,4-6,8-11,23H,3,7H2,1H3,(H2,24,25,26);1,3-7,9-10,23H,2,8H2,(H2,24,25,26). The zero-order valence-corrected chi connectivity index (χ0v) is 28.3. The van der Waals surface area contributed by atoms with Gasteiger partial charge in [-0.15, -0.1) is 0 Å². The van der Waals surface area contributed by atoms with Crippen molar-refractivity contribution in [2.45, 2.75) is 32.1 Å². The van der Waals surface area contributed by atoms with Crippen molar-refractivity contribution < 1.29 is 35.9 Å². The number of halogens is 7. The summed E-state index contributed by atoms with van der Waals surface area (Å²) >= 11 is 5.57. The number of rotatable bonds is 6. The van der Waals surface area contributed by atoms with Crippen molar-refractivity contribution in [3.05, 3.63) is 130 Å². The monoisotopic (exact) mass is 742 g/mol. The molecule has 0 aromatic heterocycles. The molecule has 0 fully saturated rings. The minimum atomic E-state index is -4.60. The molecule has 6 rings (SSSR count). The summed E-state index contributed by atoms with van der Waals surface area (Å²) < 4.78 is 77.3. The van der Waals surface area contributed by atoms with Crippen molar-refractivity contribution in [2.24, 2.45) is 0 Å². The van der Waals surface area contributed by atoms with Crippen molar-refractivity contribution in [3.8, 4) is 0 Å². The van der Waals surface area contributed by atoms with E-state index in [9.17, 15) is 35.9 Å². The number of hydrogen-bond acceptors (Lipinski definition) is 4. The van der Waals surface area contributed by atoms with Crippen LogP contribution in [0.3, 0.4) is 0 Å². The summed E-state index contributed by atoms with van der Waals surface area (Å²) in [4.78, 5) is 24.2. The maximum absolute atomic E-state index is 12.9. The third kappa shape index (κ3) is 10.4. The number of alkyl halides is 6. The van der Waals surface area contributed by atoms with Crippen molar-refractivity contribution in [3.63, 3.8) is 0 Å². The van der Waals surface area contributed by atoms with Crippen LogP contribution in [0.4, 0.5) is 58.7 Å². The van der Waals surface area contributed by atoms with Crippen LogP contribution in [0.1, 0.15) is 40.7 Å². The quantitative estimate of drug-likeness (QED) is 0.111. The maximum atomic E-state index is 12.9. The Balaban J connectivity index is 0.000000201. The number of hydrogen-bond donors (Lipinski definition) is 6. The van der Waals surface area contributed by atoms with E-state index in [2.05, 4.69) is 44.1 Å². The van der Waals surface area contributed by atoms with E-state index in [-0.39, 0.29) is 11.4 Å². The van der Waals surface area contributed by atoms with Gasteiger partial charge in [-0.3, -0.25) is 0 Å². The average Bonchev–Trinajstić information content (AvgIpc) is 3.81. The van der Waals surface area contributed by atoms with Crippen LogP contribution < -0.4 is 31.9 Å². The molecule has 0 atom stereocenters. The van der Waals surface area contributed by atoms with Gasteiger partial charge >= 0.3 is 24.4 Å². The molecule has 8 nitrogen and oxygen atoms in total. The molecule has 52 heavy (non-hydrogen) atoms. The Bertz CT molecular complexity index is 2010. The topological polar surface area (TPSA) is 106 Å². The molecule has 0 aliphatic carbocycles. The molecule has 0 unspecified atom stereocenters. The molecule has 2 aliphatic heterocycles. The third-order valence-corrected chi connectivity index (χ3v) is 8.00. The predicted octanol–water partition coefficient (Wildman–Crippen LogP) is 10.3. The van der Waals surface area contributed by atoms with Gasteiger partial charge in [-0.1, -0.05) is 48.0 Å². The van der Waals surface area contributed by atoms with Crippen molar-refractivity contribution in [1.82, 2.24) is 10.6 Å². The second-order valence-electron chi connectivity index (χ2n) is 11.8. The first-order valence-corrected chi connectivity index (χ1v) is 16.3. The summed E-state index contributed by atoms with van der Waals surface area (Å²) in [6, 6.07) is 19.8. The fourth-order valence-electron chi connectivity index (χ4n) is 5.39. The predicted molar refractivity (Wildman–Crippen MR) is 192 cm³/mol. The SMILES string of the molecule is Cc1cc(NC(=O)Nc2cccc(C3=CCCN3)c2)cc(C(F)(F)F)c1.O=C(Nc1cccc(C2=CCCN2)c1)Nc1ccc(Cl)c(C(F)(F)F)c1. The average molecular weight is 743 g/mol. The molecule has 0 saturated heterocycles. The summed E-state index contributed by atoms with van der Waals surface area (Å²) in [7, 11) is 0. The van der Waals surface area contributed by atoms with Crippen molar-refractivity contribution in [2.75, 3.05) is 34.4 Å². The lowest BCUT2D eigenvalue weighted by Crippen LogP contribution is -2.20. The van der Waals surface area contributed by atoms with Gasteiger partial charge in [0.25, 0.3) is 0 Å². The van der Waals surface area contributed by atoms with Crippen molar-refractivity contribution in [1.29, 1.82) is 0 Å². The Morgan fingerprint density at radius 1 is 0.615 bits per heavy atom. The number of aryl methyl sites for hydroxylation is 1. The Hall–Kier alpha value is -5.63. The smallest absolute Gasteiger partial charge is 0.385 e. The van der Waals surface area contributed by atoms with E-state index in [0.29, 0.717) is 16.9 Å². The molecule has 4 amide bonds. The van der Waals surface area contributed by atoms with Crippen LogP contribution in [0, 0.1) is 6.92 Å². The van der Waals surface area contributed by atoms with Crippen LogP contribution in [0.25, 0.3) is 11.4 Å². The van der Waals surface area contributed by atoms with E-state index < -0.39 is 40.6 Å². The molecular weight excluding hydrogens is 710 g/mol. The number of carbonyl (C=O) groups is 2. The molecule has 2 aliphatic rings. The minimum Gasteiger partial charge on any atom is -0.385 e. The second kappa shape index (κ2) is 16.1. The van der Waals surface area contributed by atoms with Gasteiger partial charge in [0.15, 0.2) is 0 Å². The number of amides is 4. The van der Waals surface area contributed by atoms with E-state index in [1.807, 2.05) is 12.1 Å². The molecule has 0 bridgehead atoms. The number of urea groups is 2. The van der Waals surface area contributed by atoms with Crippen LogP contribution in [0.5, 0.6) is 0 Å². The van der Waals surface area contributed by atoms with Gasteiger partial charge in [0.2, 0.25) is 0 Å². The van der Waals surface area contributed by atoms with E-state index in [1.54, 1.807) is 43.3 Å². The second-order valence-corrected chi connectivity index (χ2v) is 12.2. The van der Waals surface area contributed by atoms with Gasteiger partial charge in [-0.25, -0.2) is 9.59 Å². The zero-order valence-electron chi connectivity index (χ0n) is 27.5. The van der Waals surface area contributed by atoms with Gasteiger partial charge in [0.05, 0.1) is 16.1 Å². The lowest BCUT2D eigenvalue weighted by molar-refractivity contribution is -0.138. The molecule has 272 valence electrons. The fraction of sp³-hybridized carbons (Fsp3) is 0.189. The zero-order chi connectivity index (χ0) is 37.5. The Labute approximate surface area is 300 Å². The summed E-state index contributed by atoms with van der Waals surface area (Å²) in [5.41, 5.74) is 3.63. The minimum absolute atomic E-state index is 0.00412. The molecule has 2 heterocycles. The number of anilines is 4. The maximum Gasteiger partial charge on any atom is 0.417 e. The van der Waals surface area contributed by atoms with Gasteiger partial charge in [0, 0.05) is 47.2 Å². The highest BCUT2D eigenvalue weighted by atomic mass is 35.5. The normalized spacial score (nSPS) is 13.8. The van der Waals surface area contributed by atoms with Gasteiger partial charge in [-0.2, -0.15) is 26.3 Å². The Morgan fingerprint density at radius 2 is 1.12 bits per heavy atom. The summed E-state index contributed by atoms with van der Waals surface area (Å²) in [5, 5.41) is 16.1. The Morgan fingerprint density at radius 3 is 1.58 bits per heavy atom. The molecular formula is C37H33ClF6N6O2. The molecule has 0 radical (unpaired) electrons. The summed E-state index contributed by atoms with van der Waals surface area (Å²) in [5.74, 6) is 0. The fourth-order valence-corrected chi connectivity index (χ4v) is 5.61. The van der Waals surface area contributed by atoms with E-state index >= 15 is 0 Å². The number of benzene rings is 4. The molecule has 6 N–H and O–H groups in total. The lowest BCUT2D eigenvalue weighted by atomic mass is 10.1. The highest BCUT2D eigenvalue weighted by Crippen LogP contribution is 2.36. The van der Waals surface area contributed by atoms with Crippen LogP contribution in [-0.2, 0) is 12.4 Å². The van der Waals surface area contributed by atoms with Crippen LogP contribution in [0.15, 0.2) is 97.1 Å². The van der Waals surface area contributed by atoms with Crippen LogP contribution in [0.2, 0.25) is 5.02 Å². The van der Waals surface area contributed by atoms with E-state index in [0.717, 1.165) is 72.7 Å². The van der Waals surface area contributed by atoms with E-state index in [4.69, 9.17) is 11.6 Å². The third-order valence-electron chi connectivity index (χ3n) is 7.67. The van der Waals surface area contributed by atoms with Gasteiger partial charge < -0.3 is 31.9 Å². The Kier molecular flexibility index (Phi) is 11.7. The van der Waals surface area contributed by atoms with E-state index in [1.165, 1.54) is 12.1 Å². The lowest BCUT2D eigenvalue weighted by Gasteiger charge is -2.13. The van der Waals surface area contributed by atoms with Crippen LogP contribution in [-0.4, -0.2) is 25.2 Å². The first-order valence-electron chi connectivity index (χ1n) is 15.9. The van der Waals surface area contributed by atoms with Gasteiger partial charge in [-0.05, 0) is 97.1 Å². The molecule has 0 saturated carbocycles. The highest BCUT2D eigenvalue weighted by Gasteiger charge is 2.33. The molecule has 15 heteroatoms. The van der Waals surface area contributed by atoms with Crippen molar-refractivity contribution >= 4 is 57.8 Å². The number of nitrogens with one attached hydrogen (secondary N) is 6. The first kappa shape index (κ1) is 37.6. The largest absolute Gasteiger partial charge is 0.417 e. The van der Waals surface area contributed by atoms with Gasteiger partial charge in [0.1, 0.15) is 0 Å². The highest BCUT2D eigenvalue weighted by molar-refractivity contribution is 6.31. The van der Waals surface area contributed by atoms with Crippen LogP contribution >= 0.6 is 11.6 Å². The molecule has 4 aromatic rings.